The van der Waals surface area contributed by atoms with Crippen molar-refractivity contribution >= 4 is 11.9 Å². The van der Waals surface area contributed by atoms with E-state index in [1.807, 2.05) is 0 Å². The van der Waals surface area contributed by atoms with Crippen molar-refractivity contribution in [1.82, 2.24) is 0 Å². The van der Waals surface area contributed by atoms with Gasteiger partial charge in [-0.3, -0.25) is 9.59 Å². The lowest BCUT2D eigenvalue weighted by Gasteiger charge is -2.31. The van der Waals surface area contributed by atoms with Crippen LogP contribution in [0.5, 0.6) is 0 Å². The molecule has 0 aromatic rings. The van der Waals surface area contributed by atoms with E-state index in [1.165, 1.54) is 13.8 Å². The number of nitrogens with zero attached hydrogens (tertiary/aromatic N) is 2. The molecule has 3 atom stereocenters. The van der Waals surface area contributed by atoms with Gasteiger partial charge in [-0.05, 0) is 52.5 Å². The fraction of sp³-hybridized carbons (Fsp3) is 0.440. The Hall–Kier alpha value is -3.38. The normalized spacial score (nSPS) is 27.5. The molecule has 4 rings (SSSR count). The summed E-state index contributed by atoms with van der Waals surface area (Å²) >= 11 is 0. The first-order valence-corrected chi connectivity index (χ1v) is 10.4. The van der Waals surface area contributed by atoms with E-state index in [2.05, 4.69) is 34.5 Å². The number of hydrogen-bond donors (Lipinski definition) is 0. The summed E-state index contributed by atoms with van der Waals surface area (Å²) in [6.07, 6.45) is 8.09. The van der Waals surface area contributed by atoms with Crippen LogP contribution in [0.25, 0.3) is 9.69 Å². The zero-order valence-electron chi connectivity index (χ0n) is 17.7. The van der Waals surface area contributed by atoms with Gasteiger partial charge in [0.1, 0.15) is 25.2 Å². The minimum absolute atomic E-state index is 0.0651. The van der Waals surface area contributed by atoms with Crippen molar-refractivity contribution in [2.24, 2.45) is 17.8 Å². The first-order valence-electron chi connectivity index (χ1n) is 10.4. The number of esters is 2. The van der Waals surface area contributed by atoms with Gasteiger partial charge in [-0.15, -0.1) is 0 Å². The molecule has 0 fully saturated rings. The van der Waals surface area contributed by atoms with Crippen molar-refractivity contribution in [3.8, 4) is 0 Å². The molecule has 0 saturated carbocycles. The summed E-state index contributed by atoms with van der Waals surface area (Å²) in [6.45, 7) is 23.1. The second-order valence-corrected chi connectivity index (χ2v) is 8.57. The Morgan fingerprint density at radius 2 is 1.81 bits per heavy atom. The molecular formula is C25H24N2O4. The highest BCUT2D eigenvalue weighted by atomic mass is 16.5. The lowest BCUT2D eigenvalue weighted by atomic mass is 9.70. The van der Waals surface area contributed by atoms with Gasteiger partial charge in [-0.2, -0.15) is 0 Å². The molecule has 0 saturated heterocycles. The molecule has 4 aliphatic carbocycles. The van der Waals surface area contributed by atoms with Crippen LogP contribution in [0.1, 0.15) is 33.1 Å². The summed E-state index contributed by atoms with van der Waals surface area (Å²) in [6, 6.07) is 0. The highest BCUT2D eigenvalue weighted by Crippen LogP contribution is 2.56. The van der Waals surface area contributed by atoms with Gasteiger partial charge in [0.05, 0.1) is 0 Å². The molecule has 0 radical (unpaired) electrons. The third-order valence-corrected chi connectivity index (χ3v) is 6.72. The van der Waals surface area contributed by atoms with Gasteiger partial charge in [0.2, 0.25) is 0 Å². The molecule has 2 bridgehead atoms. The molecule has 6 heteroatoms. The van der Waals surface area contributed by atoms with Gasteiger partial charge in [0, 0.05) is 19.8 Å². The van der Waals surface area contributed by atoms with Crippen LogP contribution in [-0.4, -0.2) is 30.8 Å². The lowest BCUT2D eigenvalue weighted by molar-refractivity contribution is -0.141. The van der Waals surface area contributed by atoms with Gasteiger partial charge in [0.25, 0.3) is 0 Å². The third-order valence-electron chi connectivity index (χ3n) is 6.72. The predicted octanol–water partition coefficient (Wildman–Crippen LogP) is 4.35. The molecule has 0 amide bonds. The molecule has 0 N–H and O–H groups in total. The Morgan fingerprint density at radius 3 is 2.45 bits per heavy atom. The van der Waals surface area contributed by atoms with Crippen LogP contribution >= 0.6 is 0 Å². The van der Waals surface area contributed by atoms with E-state index in [9.17, 15) is 9.59 Å². The fourth-order valence-electron chi connectivity index (χ4n) is 5.35. The van der Waals surface area contributed by atoms with Gasteiger partial charge in [-0.25, -0.2) is 22.8 Å². The van der Waals surface area contributed by atoms with Gasteiger partial charge < -0.3 is 9.47 Å². The Labute approximate surface area is 182 Å². The van der Waals surface area contributed by atoms with E-state index in [4.69, 9.17) is 22.6 Å². The molecule has 4 aliphatic rings. The summed E-state index contributed by atoms with van der Waals surface area (Å²) in [5.41, 5.74) is 3.82. The number of fused-ring (bicyclic) bond motifs is 5. The molecule has 0 unspecified atom stereocenters. The smallest absolute Gasteiger partial charge is 0.461 e. The van der Waals surface area contributed by atoms with Gasteiger partial charge in [-0.1, -0.05) is 24.8 Å². The summed E-state index contributed by atoms with van der Waals surface area (Å²) in [5.74, 6) is -0.543. The Bertz CT molecular complexity index is 1080. The first kappa shape index (κ1) is 20.9. The van der Waals surface area contributed by atoms with Crippen LogP contribution in [0.15, 0.2) is 58.2 Å². The second-order valence-electron chi connectivity index (χ2n) is 8.57. The maximum atomic E-state index is 11.7. The van der Waals surface area contributed by atoms with Crippen LogP contribution in [0.3, 0.4) is 0 Å². The standard InChI is InChI=1S/C25H24N2O4/c1-14-8-19-20(21(14)12-30-15(2)28)11-25(26-4,27-5)23-10-17-6-7-18(9-17)24(23)22(19)13-31-16(3)29/h6-7,10,17-18,24H,1,8-9,11-13H2,2-3H3/t17-,18+,24+/m0/s1. The Kier molecular flexibility index (Phi) is 5.19. The van der Waals surface area contributed by atoms with E-state index in [0.29, 0.717) is 6.42 Å². The molecule has 158 valence electrons. The first-order chi connectivity index (χ1) is 14.8. The molecule has 0 heterocycles. The SMILES string of the molecule is [C-]#[N+]C1([N+]#[C-])CC2=C(COC(C)=O)C(=C)CC2=C(COC(C)=O)[C@@H]2C1=C[C@H]1C=C[C@@H]2C1. The Balaban J connectivity index is 1.94. The summed E-state index contributed by atoms with van der Waals surface area (Å²) in [7, 11) is 0. The van der Waals surface area contributed by atoms with Crippen molar-refractivity contribution in [2.45, 2.75) is 38.8 Å². The van der Waals surface area contributed by atoms with Crippen LogP contribution < -0.4 is 0 Å². The van der Waals surface area contributed by atoms with Crippen molar-refractivity contribution in [3.63, 3.8) is 0 Å². The van der Waals surface area contributed by atoms with Crippen molar-refractivity contribution in [2.75, 3.05) is 13.2 Å². The minimum atomic E-state index is -1.36. The van der Waals surface area contributed by atoms with Gasteiger partial charge >= 0.3 is 17.6 Å². The summed E-state index contributed by atoms with van der Waals surface area (Å²) in [4.78, 5) is 30.9. The molecule has 0 aromatic heterocycles. The van der Waals surface area contributed by atoms with Gasteiger partial charge in [0.15, 0.2) is 0 Å². The largest absolute Gasteiger partial charge is 0.510 e. The topological polar surface area (TPSA) is 61.3 Å². The van der Waals surface area contributed by atoms with Crippen LogP contribution in [0.2, 0.25) is 0 Å². The zero-order valence-corrected chi connectivity index (χ0v) is 17.7. The van der Waals surface area contributed by atoms with E-state index < -0.39 is 11.6 Å². The van der Waals surface area contributed by atoms with Crippen molar-refractivity contribution < 1.29 is 19.1 Å². The number of carbonyl (C=O) groups is 2. The highest BCUT2D eigenvalue weighted by Gasteiger charge is 2.59. The van der Waals surface area contributed by atoms with E-state index in [1.54, 1.807) is 0 Å². The number of hydrogen-bond acceptors (Lipinski definition) is 4. The second kappa shape index (κ2) is 7.71. The fourth-order valence-corrected chi connectivity index (χ4v) is 5.35. The maximum absolute atomic E-state index is 11.7. The molecule has 0 spiro atoms. The maximum Gasteiger partial charge on any atom is 0.510 e. The summed E-state index contributed by atoms with van der Waals surface area (Å²) < 4.78 is 10.7. The minimum Gasteiger partial charge on any atom is -0.461 e. The average Bonchev–Trinajstić information content (AvgIpc) is 3.22. The van der Waals surface area contributed by atoms with E-state index >= 15 is 0 Å². The molecule has 6 nitrogen and oxygen atoms in total. The molecule has 31 heavy (non-hydrogen) atoms. The third kappa shape index (κ3) is 3.43. The zero-order chi connectivity index (χ0) is 22.3. The molecular weight excluding hydrogens is 392 g/mol. The van der Waals surface area contributed by atoms with E-state index in [0.717, 1.165) is 39.9 Å². The lowest BCUT2D eigenvalue weighted by Crippen LogP contribution is -2.34. The molecule has 0 aliphatic heterocycles. The number of ether oxygens (including phenoxy) is 2. The number of rotatable bonds is 4. The Morgan fingerprint density at radius 1 is 1.13 bits per heavy atom. The highest BCUT2D eigenvalue weighted by molar-refractivity contribution is 5.68. The van der Waals surface area contributed by atoms with Crippen LogP contribution in [0, 0.1) is 30.9 Å². The molecule has 0 aromatic carbocycles. The average molecular weight is 416 g/mol. The van der Waals surface area contributed by atoms with Crippen molar-refractivity contribution in [1.29, 1.82) is 0 Å². The predicted molar refractivity (Wildman–Crippen MR) is 114 cm³/mol. The van der Waals surface area contributed by atoms with Crippen LogP contribution in [0.4, 0.5) is 0 Å². The monoisotopic (exact) mass is 416 g/mol. The van der Waals surface area contributed by atoms with E-state index in [-0.39, 0.29) is 43.4 Å². The number of allylic oxidation sites excluding steroid dienone is 4. The number of carbonyl (C=O) groups excluding carboxylic acids is 2. The quantitative estimate of drug-likeness (QED) is 0.388. The van der Waals surface area contributed by atoms with Crippen molar-refractivity contribution in [3.05, 3.63) is 81.1 Å². The summed E-state index contributed by atoms with van der Waals surface area (Å²) in [5, 5.41) is 0. The van der Waals surface area contributed by atoms with Crippen LogP contribution in [-0.2, 0) is 19.1 Å².